The molecule has 0 spiro atoms. The molecule has 38 heavy (non-hydrogen) atoms. The normalized spacial score (nSPS) is 15.4. The summed E-state index contributed by atoms with van der Waals surface area (Å²) in [5.41, 5.74) is 3.78. The summed E-state index contributed by atoms with van der Waals surface area (Å²) < 4.78 is 5.24. The largest absolute Gasteiger partial charge is 0.469 e. The third-order valence-electron chi connectivity index (χ3n) is 7.89. The Morgan fingerprint density at radius 3 is 2.37 bits per heavy atom. The van der Waals surface area contributed by atoms with Gasteiger partial charge in [-0.1, -0.05) is 93.5 Å². The van der Waals surface area contributed by atoms with Crippen molar-refractivity contribution in [3.8, 4) is 11.1 Å². The van der Waals surface area contributed by atoms with Crippen molar-refractivity contribution in [3.05, 3.63) is 90.3 Å². The van der Waals surface area contributed by atoms with Crippen molar-refractivity contribution in [1.82, 2.24) is 10.3 Å². The molecule has 0 bridgehead atoms. The van der Waals surface area contributed by atoms with E-state index < -0.39 is 0 Å². The number of benzene rings is 2. The first-order valence-electron chi connectivity index (χ1n) is 14.1. The Morgan fingerprint density at radius 2 is 1.68 bits per heavy atom. The van der Waals surface area contributed by atoms with E-state index in [1.165, 1.54) is 44.8 Å². The monoisotopic (exact) mass is 512 g/mol. The Hall–Kier alpha value is -3.47. The summed E-state index contributed by atoms with van der Waals surface area (Å²) in [6.45, 7) is 0. The Bertz CT molecular complexity index is 1130. The molecular weight excluding hydrogens is 472 g/mol. The minimum Gasteiger partial charge on any atom is -0.469 e. The number of ether oxygens (including phenoxy) is 1. The molecule has 0 saturated heterocycles. The smallest absolute Gasteiger partial charge is 0.310 e. The lowest BCUT2D eigenvalue weighted by Crippen LogP contribution is -2.44. The van der Waals surface area contributed by atoms with Gasteiger partial charge in [0.2, 0.25) is 0 Å². The van der Waals surface area contributed by atoms with Gasteiger partial charge in [0.15, 0.2) is 0 Å². The second-order valence-corrected chi connectivity index (χ2v) is 10.5. The number of methoxy groups -OCH3 is 1. The van der Waals surface area contributed by atoms with Crippen molar-refractivity contribution in [2.75, 3.05) is 7.11 Å². The molecule has 4 rings (SSSR count). The molecule has 5 heteroatoms. The third kappa shape index (κ3) is 8.01. The Balaban J connectivity index is 1.46. The molecule has 1 aliphatic carbocycles. The summed E-state index contributed by atoms with van der Waals surface area (Å²) in [6, 6.07) is 21.4. The van der Waals surface area contributed by atoms with E-state index in [1.807, 2.05) is 60.8 Å². The summed E-state index contributed by atoms with van der Waals surface area (Å²) >= 11 is 0. The van der Waals surface area contributed by atoms with Crippen LogP contribution in [0.3, 0.4) is 0 Å². The lowest BCUT2D eigenvalue weighted by atomic mass is 9.83. The van der Waals surface area contributed by atoms with Crippen LogP contribution in [0.25, 0.3) is 11.1 Å². The fourth-order valence-corrected chi connectivity index (χ4v) is 5.68. The molecule has 1 saturated carbocycles. The predicted octanol–water partition coefficient (Wildman–Crippen LogP) is 7.02. The number of esters is 1. The van der Waals surface area contributed by atoms with Gasteiger partial charge in [-0.25, -0.2) is 0 Å². The lowest BCUT2D eigenvalue weighted by molar-refractivity contribution is -0.146. The number of pyridine rings is 1. The summed E-state index contributed by atoms with van der Waals surface area (Å²) in [4.78, 5) is 30.5. The zero-order valence-electron chi connectivity index (χ0n) is 22.5. The average Bonchev–Trinajstić information content (AvgIpc) is 2.99. The number of aromatic nitrogens is 1. The van der Waals surface area contributed by atoms with Gasteiger partial charge in [-0.3, -0.25) is 14.6 Å². The van der Waals surface area contributed by atoms with Crippen molar-refractivity contribution in [2.45, 2.75) is 70.3 Å². The van der Waals surface area contributed by atoms with Gasteiger partial charge < -0.3 is 10.1 Å². The lowest BCUT2D eigenvalue weighted by Gasteiger charge is -2.28. The first-order chi connectivity index (χ1) is 18.6. The van der Waals surface area contributed by atoms with Gasteiger partial charge in [-0.15, -0.1) is 0 Å². The van der Waals surface area contributed by atoms with Gasteiger partial charge in [0, 0.05) is 24.0 Å². The van der Waals surface area contributed by atoms with E-state index in [0.29, 0.717) is 12.0 Å². The average molecular weight is 513 g/mol. The zero-order chi connectivity index (χ0) is 26.6. The van der Waals surface area contributed by atoms with Crippen LogP contribution in [0.15, 0.2) is 79.1 Å². The number of hydrogen-bond acceptors (Lipinski definition) is 4. The summed E-state index contributed by atoms with van der Waals surface area (Å²) in [7, 11) is 1.45. The van der Waals surface area contributed by atoms with Gasteiger partial charge >= 0.3 is 5.97 Å². The highest BCUT2D eigenvalue weighted by Crippen LogP contribution is 2.29. The number of nitrogens with one attached hydrogen (secondary N) is 1. The number of carbonyl (C=O) groups excluding carboxylic acids is 2. The van der Waals surface area contributed by atoms with Crippen LogP contribution in [-0.2, 0) is 16.0 Å². The van der Waals surface area contributed by atoms with Crippen LogP contribution in [-0.4, -0.2) is 30.0 Å². The van der Waals surface area contributed by atoms with Gasteiger partial charge in [-0.2, -0.15) is 0 Å². The number of carbonyl (C=O) groups is 2. The number of nitrogens with zero attached hydrogens (tertiary/aromatic N) is 1. The maximum absolute atomic E-state index is 13.4. The molecular formula is C33H40N2O3. The van der Waals surface area contributed by atoms with Crippen LogP contribution < -0.4 is 5.32 Å². The molecule has 2 atom stereocenters. The predicted molar refractivity (Wildman–Crippen MR) is 152 cm³/mol. The van der Waals surface area contributed by atoms with Crippen molar-refractivity contribution in [3.63, 3.8) is 0 Å². The van der Waals surface area contributed by atoms with Crippen LogP contribution >= 0.6 is 0 Å². The van der Waals surface area contributed by atoms with E-state index in [-0.39, 0.29) is 23.8 Å². The second kappa shape index (κ2) is 14.5. The number of amides is 1. The third-order valence-corrected chi connectivity index (χ3v) is 7.89. The minimum absolute atomic E-state index is 0.165. The molecule has 200 valence electrons. The second-order valence-electron chi connectivity index (χ2n) is 10.5. The van der Waals surface area contributed by atoms with Crippen molar-refractivity contribution < 1.29 is 14.3 Å². The molecule has 1 unspecified atom stereocenters. The fraction of sp³-hybridized carbons (Fsp3) is 0.424. The highest BCUT2D eigenvalue weighted by atomic mass is 16.5. The molecule has 1 heterocycles. The summed E-state index contributed by atoms with van der Waals surface area (Å²) in [5.74, 6) is -0.00966. The minimum atomic E-state index is -0.370. The summed E-state index contributed by atoms with van der Waals surface area (Å²) in [5, 5.41) is 3.21. The van der Waals surface area contributed by atoms with E-state index >= 15 is 0 Å². The van der Waals surface area contributed by atoms with Crippen molar-refractivity contribution in [1.29, 1.82) is 0 Å². The Labute approximate surface area is 227 Å². The highest BCUT2D eigenvalue weighted by molar-refractivity contribution is 5.95. The van der Waals surface area contributed by atoms with Crippen LogP contribution in [0.5, 0.6) is 0 Å². The first kappa shape index (κ1) is 27.6. The van der Waals surface area contributed by atoms with Gasteiger partial charge in [-0.05, 0) is 60.1 Å². The van der Waals surface area contributed by atoms with E-state index in [2.05, 4.69) is 22.4 Å². The maximum atomic E-state index is 13.4. The van der Waals surface area contributed by atoms with Crippen LogP contribution in [0.2, 0.25) is 0 Å². The molecule has 5 nitrogen and oxygen atoms in total. The number of rotatable bonds is 12. The van der Waals surface area contributed by atoms with Gasteiger partial charge in [0.05, 0.1) is 13.0 Å². The van der Waals surface area contributed by atoms with E-state index in [9.17, 15) is 9.59 Å². The molecule has 0 radical (unpaired) electrons. The quantitative estimate of drug-likeness (QED) is 0.265. The highest BCUT2D eigenvalue weighted by Gasteiger charge is 2.30. The van der Waals surface area contributed by atoms with E-state index in [0.717, 1.165) is 42.7 Å². The SMILES string of the molecule is COC(=O)[C@H](CCCC1CCCCC1)C(CCc1ccccc1)NC(=O)c1ccc(-c2cccnc2)cc1. The van der Waals surface area contributed by atoms with E-state index in [1.54, 1.807) is 6.20 Å². The maximum Gasteiger partial charge on any atom is 0.310 e. The molecule has 3 aromatic rings. The Kier molecular flexibility index (Phi) is 10.5. The number of aryl methyl sites for hydroxylation is 1. The molecule has 1 amide bonds. The first-order valence-corrected chi connectivity index (χ1v) is 14.1. The van der Waals surface area contributed by atoms with Crippen LogP contribution in [0.4, 0.5) is 0 Å². The molecule has 1 aromatic heterocycles. The zero-order valence-corrected chi connectivity index (χ0v) is 22.5. The molecule has 0 aliphatic heterocycles. The van der Waals surface area contributed by atoms with Crippen LogP contribution in [0.1, 0.15) is 73.7 Å². The van der Waals surface area contributed by atoms with E-state index in [4.69, 9.17) is 4.74 Å². The van der Waals surface area contributed by atoms with Gasteiger partial charge in [0.25, 0.3) is 5.91 Å². The molecule has 1 aliphatic rings. The molecule has 1 N–H and O–H groups in total. The van der Waals surface area contributed by atoms with Crippen molar-refractivity contribution >= 4 is 11.9 Å². The van der Waals surface area contributed by atoms with Crippen molar-refractivity contribution in [2.24, 2.45) is 11.8 Å². The Morgan fingerprint density at radius 1 is 0.921 bits per heavy atom. The topological polar surface area (TPSA) is 68.3 Å². The number of hydrogen-bond donors (Lipinski definition) is 1. The summed E-state index contributed by atoms with van der Waals surface area (Å²) in [6.07, 6.45) is 14.4. The molecule has 1 fully saturated rings. The molecule has 2 aromatic carbocycles. The van der Waals surface area contributed by atoms with Crippen LogP contribution in [0, 0.1) is 11.8 Å². The van der Waals surface area contributed by atoms with Gasteiger partial charge in [0.1, 0.15) is 0 Å². The standard InChI is InChI=1S/C33H40N2O3/c1-38-33(37)30(16-8-14-25-10-4-2-5-11-25)31(22-17-26-12-6-3-7-13-26)35-32(36)28-20-18-27(19-21-28)29-15-9-23-34-24-29/h3,6-7,9,12-13,15,18-21,23-25,30-31H,2,4-5,8,10-11,14,16-17,22H2,1H3,(H,35,36)/t30-,31?/m1/s1. The fourth-order valence-electron chi connectivity index (χ4n) is 5.68.